The van der Waals surface area contributed by atoms with Crippen molar-refractivity contribution in [3.8, 4) is 22.8 Å². The summed E-state index contributed by atoms with van der Waals surface area (Å²) in [5.74, 6) is 0.954. The Bertz CT molecular complexity index is 1090. The Morgan fingerprint density at radius 1 is 1.12 bits per heavy atom. The van der Waals surface area contributed by atoms with Crippen molar-refractivity contribution in [2.24, 2.45) is 0 Å². The third-order valence-electron chi connectivity index (χ3n) is 5.58. The number of aromatic nitrogens is 1. The molecule has 0 spiro atoms. The van der Waals surface area contributed by atoms with E-state index in [1.54, 1.807) is 0 Å². The van der Waals surface area contributed by atoms with Crippen molar-refractivity contribution >= 4 is 5.69 Å². The topological polar surface area (TPSA) is 54.8 Å². The maximum Gasteiger partial charge on any atom is 0.417 e. The van der Waals surface area contributed by atoms with Crippen LogP contribution in [0.2, 0.25) is 0 Å². The molecule has 0 saturated carbocycles. The zero-order valence-electron chi connectivity index (χ0n) is 18.2. The van der Waals surface area contributed by atoms with Gasteiger partial charge in [-0.2, -0.15) is 13.2 Å². The van der Waals surface area contributed by atoms with E-state index in [4.69, 9.17) is 9.47 Å². The highest BCUT2D eigenvalue weighted by Crippen LogP contribution is 2.35. The van der Waals surface area contributed by atoms with Crippen LogP contribution in [0.4, 0.5) is 18.9 Å². The Morgan fingerprint density at radius 2 is 1.94 bits per heavy atom. The van der Waals surface area contributed by atoms with Crippen LogP contribution in [-0.2, 0) is 12.8 Å². The zero-order chi connectivity index (χ0) is 23.4. The summed E-state index contributed by atoms with van der Waals surface area (Å²) in [5, 5.41) is 10.0. The Kier molecular flexibility index (Phi) is 6.74. The standard InChI is InChI=1S/C25H25F3N2O3/c1-2-32-23-6-4-3-5-21(23)17-7-9-22(18(13-17)16-31)30-12-11-20(15-30)33-24-10-8-19(14-29-24)25(26,27)28/h3-10,13-14,20,31H,2,11-12,15-16H2,1H3/t20-/m0/s1. The fourth-order valence-electron chi connectivity index (χ4n) is 4.01. The van der Waals surface area contributed by atoms with Crippen molar-refractivity contribution < 1.29 is 27.8 Å². The molecule has 2 heterocycles. The van der Waals surface area contributed by atoms with Gasteiger partial charge in [0.1, 0.15) is 11.9 Å². The lowest BCUT2D eigenvalue weighted by Gasteiger charge is -2.22. The highest BCUT2D eigenvalue weighted by Gasteiger charge is 2.31. The van der Waals surface area contributed by atoms with Crippen molar-refractivity contribution in [1.82, 2.24) is 4.98 Å². The number of alkyl halides is 3. The SMILES string of the molecule is CCOc1ccccc1-c1ccc(N2CC[C@H](Oc3ccc(C(F)(F)F)cn3)C2)c(CO)c1. The number of ether oxygens (including phenoxy) is 2. The number of nitrogens with zero attached hydrogens (tertiary/aromatic N) is 2. The smallest absolute Gasteiger partial charge is 0.417 e. The number of rotatable bonds is 7. The molecular weight excluding hydrogens is 433 g/mol. The van der Waals surface area contributed by atoms with E-state index in [9.17, 15) is 18.3 Å². The molecule has 0 unspecified atom stereocenters. The van der Waals surface area contributed by atoms with E-state index < -0.39 is 11.7 Å². The molecule has 1 aliphatic heterocycles. The number of aliphatic hydroxyl groups is 1. The van der Waals surface area contributed by atoms with Gasteiger partial charge in [0.15, 0.2) is 0 Å². The lowest BCUT2D eigenvalue weighted by Crippen LogP contribution is -2.25. The minimum absolute atomic E-state index is 0.123. The molecule has 1 aromatic heterocycles. The molecule has 0 radical (unpaired) electrons. The number of pyridine rings is 1. The van der Waals surface area contributed by atoms with Crippen LogP contribution in [-0.4, -0.2) is 35.9 Å². The Hall–Kier alpha value is -3.26. The minimum Gasteiger partial charge on any atom is -0.493 e. The van der Waals surface area contributed by atoms with Gasteiger partial charge in [0.2, 0.25) is 5.88 Å². The summed E-state index contributed by atoms with van der Waals surface area (Å²) < 4.78 is 49.7. The normalized spacial score (nSPS) is 16.2. The number of benzene rings is 2. The van der Waals surface area contributed by atoms with Crippen molar-refractivity contribution in [2.75, 3.05) is 24.6 Å². The van der Waals surface area contributed by atoms with Gasteiger partial charge in [0.25, 0.3) is 0 Å². The van der Waals surface area contributed by atoms with E-state index in [-0.39, 0.29) is 18.6 Å². The Labute approximate surface area is 190 Å². The largest absolute Gasteiger partial charge is 0.493 e. The third kappa shape index (κ3) is 5.22. The summed E-state index contributed by atoms with van der Waals surface area (Å²) in [6.07, 6.45) is -3.15. The molecule has 1 N–H and O–H groups in total. The van der Waals surface area contributed by atoms with E-state index in [2.05, 4.69) is 9.88 Å². The van der Waals surface area contributed by atoms with Gasteiger partial charge in [0.05, 0.1) is 25.3 Å². The molecule has 0 bridgehead atoms. The van der Waals surface area contributed by atoms with Gasteiger partial charge in [-0.05, 0) is 36.8 Å². The highest BCUT2D eigenvalue weighted by molar-refractivity contribution is 5.74. The fourth-order valence-corrected chi connectivity index (χ4v) is 4.01. The Morgan fingerprint density at radius 3 is 2.64 bits per heavy atom. The molecule has 1 fully saturated rings. The van der Waals surface area contributed by atoms with Gasteiger partial charge < -0.3 is 19.5 Å². The lowest BCUT2D eigenvalue weighted by molar-refractivity contribution is -0.137. The van der Waals surface area contributed by atoms with Gasteiger partial charge >= 0.3 is 6.18 Å². The van der Waals surface area contributed by atoms with Gasteiger partial charge in [-0.1, -0.05) is 24.3 Å². The molecule has 2 aromatic carbocycles. The second-order valence-electron chi connectivity index (χ2n) is 7.79. The summed E-state index contributed by atoms with van der Waals surface area (Å²) in [5.41, 5.74) is 2.79. The minimum atomic E-state index is -4.42. The number of aliphatic hydroxyl groups excluding tert-OH is 1. The van der Waals surface area contributed by atoms with Gasteiger partial charge in [0, 0.05) is 42.0 Å². The lowest BCUT2D eigenvalue weighted by atomic mass is 10.0. The average molecular weight is 458 g/mol. The molecule has 3 aromatic rings. The first-order chi connectivity index (χ1) is 15.9. The molecule has 1 aliphatic rings. The van der Waals surface area contributed by atoms with Crippen LogP contribution >= 0.6 is 0 Å². The summed E-state index contributed by atoms with van der Waals surface area (Å²) in [7, 11) is 0. The van der Waals surface area contributed by atoms with Crippen molar-refractivity contribution in [1.29, 1.82) is 0 Å². The number of halogens is 3. The molecule has 0 aliphatic carbocycles. The number of hydrogen-bond acceptors (Lipinski definition) is 5. The number of hydrogen-bond donors (Lipinski definition) is 1. The monoisotopic (exact) mass is 458 g/mol. The summed E-state index contributed by atoms with van der Waals surface area (Å²) in [4.78, 5) is 5.91. The van der Waals surface area contributed by atoms with Crippen LogP contribution in [0, 0.1) is 0 Å². The van der Waals surface area contributed by atoms with Crippen LogP contribution < -0.4 is 14.4 Å². The number of para-hydroxylation sites is 1. The van der Waals surface area contributed by atoms with Crippen molar-refractivity contribution in [3.63, 3.8) is 0 Å². The molecule has 4 rings (SSSR count). The van der Waals surface area contributed by atoms with Gasteiger partial charge in [-0.3, -0.25) is 0 Å². The van der Waals surface area contributed by atoms with E-state index in [0.29, 0.717) is 26.1 Å². The Balaban J connectivity index is 1.48. The maximum absolute atomic E-state index is 12.7. The highest BCUT2D eigenvalue weighted by atomic mass is 19.4. The van der Waals surface area contributed by atoms with Gasteiger partial charge in [-0.25, -0.2) is 4.98 Å². The van der Waals surface area contributed by atoms with Crippen LogP contribution in [0.5, 0.6) is 11.6 Å². The van der Waals surface area contributed by atoms with Gasteiger partial charge in [-0.15, -0.1) is 0 Å². The molecule has 174 valence electrons. The fraction of sp³-hybridized carbons (Fsp3) is 0.320. The third-order valence-corrected chi connectivity index (χ3v) is 5.58. The predicted octanol–water partition coefficient (Wildman–Crippen LogP) is 5.32. The first-order valence-corrected chi connectivity index (χ1v) is 10.8. The van der Waals surface area contributed by atoms with Crippen LogP contribution in [0.1, 0.15) is 24.5 Å². The van der Waals surface area contributed by atoms with Crippen LogP contribution in [0.15, 0.2) is 60.8 Å². The van der Waals surface area contributed by atoms with E-state index in [1.807, 2.05) is 49.4 Å². The zero-order valence-corrected chi connectivity index (χ0v) is 18.2. The van der Waals surface area contributed by atoms with Crippen molar-refractivity contribution in [2.45, 2.75) is 32.2 Å². The molecular formula is C25H25F3N2O3. The van der Waals surface area contributed by atoms with E-state index in [0.717, 1.165) is 40.4 Å². The molecule has 8 heteroatoms. The average Bonchev–Trinajstić information content (AvgIpc) is 3.27. The number of anilines is 1. The molecule has 33 heavy (non-hydrogen) atoms. The quantitative estimate of drug-likeness (QED) is 0.520. The molecule has 1 saturated heterocycles. The first-order valence-electron chi connectivity index (χ1n) is 10.8. The first kappa shape index (κ1) is 22.9. The van der Waals surface area contributed by atoms with E-state index in [1.165, 1.54) is 6.07 Å². The summed E-state index contributed by atoms with van der Waals surface area (Å²) in [6.45, 7) is 3.62. The molecule has 5 nitrogen and oxygen atoms in total. The van der Waals surface area contributed by atoms with E-state index >= 15 is 0 Å². The summed E-state index contributed by atoms with van der Waals surface area (Å²) >= 11 is 0. The predicted molar refractivity (Wildman–Crippen MR) is 119 cm³/mol. The van der Waals surface area contributed by atoms with Crippen LogP contribution in [0.3, 0.4) is 0 Å². The molecule has 0 amide bonds. The van der Waals surface area contributed by atoms with Crippen LogP contribution in [0.25, 0.3) is 11.1 Å². The maximum atomic E-state index is 12.7. The summed E-state index contributed by atoms with van der Waals surface area (Å²) in [6, 6.07) is 15.9. The molecule has 1 atom stereocenters. The van der Waals surface area contributed by atoms with Crippen molar-refractivity contribution in [3.05, 3.63) is 71.9 Å². The second-order valence-corrected chi connectivity index (χ2v) is 7.79. The second kappa shape index (κ2) is 9.70.